The Morgan fingerprint density at radius 1 is 1.21 bits per heavy atom. The van der Waals surface area contributed by atoms with Crippen molar-refractivity contribution >= 4 is 22.9 Å². The molecule has 2 aromatic carbocycles. The highest BCUT2D eigenvalue weighted by atomic mass is 16.5. The van der Waals surface area contributed by atoms with Crippen LogP contribution in [0.1, 0.15) is 31.4 Å². The molecule has 0 aliphatic carbocycles. The number of anilines is 1. The summed E-state index contributed by atoms with van der Waals surface area (Å²) in [5, 5.41) is 3.17. The quantitative estimate of drug-likeness (QED) is 0.520. The van der Waals surface area contributed by atoms with E-state index in [0.29, 0.717) is 6.54 Å². The van der Waals surface area contributed by atoms with Gasteiger partial charge in [-0.05, 0) is 50.1 Å². The summed E-state index contributed by atoms with van der Waals surface area (Å²) < 4.78 is 13.0. The van der Waals surface area contributed by atoms with Gasteiger partial charge < -0.3 is 24.3 Å². The third-order valence-electron chi connectivity index (χ3n) is 6.36. The molecule has 0 spiro atoms. The Morgan fingerprint density at radius 2 is 1.97 bits per heavy atom. The molecule has 0 unspecified atom stereocenters. The first-order valence-electron chi connectivity index (χ1n) is 11.4. The third-order valence-corrected chi connectivity index (χ3v) is 6.36. The first kappa shape index (κ1) is 22.7. The summed E-state index contributed by atoms with van der Waals surface area (Å²) in [4.78, 5) is 20.2. The van der Waals surface area contributed by atoms with Crippen molar-refractivity contribution in [2.24, 2.45) is 5.92 Å². The van der Waals surface area contributed by atoms with Gasteiger partial charge >= 0.3 is 0 Å². The zero-order chi connectivity index (χ0) is 23.4. The SMILES string of the molecule is C=CCn1c(N2CCC(C(=O)N[C@H](C)c3cc(OC)ccc3OC)CC2)nc2ccccc21. The van der Waals surface area contributed by atoms with Crippen molar-refractivity contribution in [3.05, 3.63) is 60.7 Å². The van der Waals surface area contributed by atoms with Crippen LogP contribution in [0, 0.1) is 5.92 Å². The molecule has 1 atom stereocenters. The fraction of sp³-hybridized carbons (Fsp3) is 0.385. The minimum atomic E-state index is -0.183. The number of hydrogen-bond donors (Lipinski definition) is 1. The van der Waals surface area contributed by atoms with E-state index in [1.165, 1.54) is 0 Å². The van der Waals surface area contributed by atoms with E-state index in [1.54, 1.807) is 14.2 Å². The Hall–Kier alpha value is -3.48. The molecule has 1 aliphatic rings. The summed E-state index contributed by atoms with van der Waals surface area (Å²) in [6, 6.07) is 13.6. The van der Waals surface area contributed by atoms with Crippen molar-refractivity contribution in [2.75, 3.05) is 32.2 Å². The van der Waals surface area contributed by atoms with Crippen molar-refractivity contribution in [1.29, 1.82) is 0 Å². The molecule has 1 N–H and O–H groups in total. The number of rotatable bonds is 8. The minimum absolute atomic E-state index is 0.0301. The monoisotopic (exact) mass is 448 g/mol. The summed E-state index contributed by atoms with van der Waals surface area (Å²) in [6.45, 7) is 8.16. The van der Waals surface area contributed by atoms with Crippen LogP contribution in [0.15, 0.2) is 55.1 Å². The van der Waals surface area contributed by atoms with E-state index < -0.39 is 0 Å². The highest BCUT2D eigenvalue weighted by molar-refractivity contribution is 5.80. The molecule has 0 radical (unpaired) electrons. The van der Waals surface area contributed by atoms with Crippen LogP contribution in [0.2, 0.25) is 0 Å². The number of nitrogens with one attached hydrogen (secondary N) is 1. The molecule has 0 saturated carbocycles. The number of ether oxygens (including phenoxy) is 2. The van der Waals surface area contributed by atoms with Crippen LogP contribution >= 0.6 is 0 Å². The zero-order valence-electron chi connectivity index (χ0n) is 19.6. The Morgan fingerprint density at radius 3 is 2.67 bits per heavy atom. The predicted octanol–water partition coefficient (Wildman–Crippen LogP) is 4.33. The number of carbonyl (C=O) groups is 1. The highest BCUT2D eigenvalue weighted by Gasteiger charge is 2.28. The van der Waals surface area contributed by atoms with E-state index in [0.717, 1.165) is 60.0 Å². The van der Waals surface area contributed by atoms with Gasteiger partial charge in [0.25, 0.3) is 0 Å². The number of nitrogens with zero attached hydrogens (tertiary/aromatic N) is 3. The Balaban J connectivity index is 1.42. The Bertz CT molecular complexity index is 1130. The molecule has 1 saturated heterocycles. The summed E-state index contributed by atoms with van der Waals surface area (Å²) in [5.41, 5.74) is 2.99. The highest BCUT2D eigenvalue weighted by Crippen LogP contribution is 2.31. The van der Waals surface area contributed by atoms with Gasteiger partial charge in [-0.25, -0.2) is 4.98 Å². The molecule has 1 fully saturated rings. The number of imidazole rings is 1. The van der Waals surface area contributed by atoms with E-state index in [9.17, 15) is 4.79 Å². The van der Waals surface area contributed by atoms with Crippen LogP contribution in [0.5, 0.6) is 11.5 Å². The molecule has 0 bridgehead atoms. The van der Waals surface area contributed by atoms with Crippen molar-refractivity contribution < 1.29 is 14.3 Å². The third kappa shape index (κ3) is 4.67. The molecule has 3 aromatic rings. The summed E-state index contributed by atoms with van der Waals surface area (Å²) in [6.07, 6.45) is 3.46. The van der Waals surface area contributed by atoms with Crippen LogP contribution in [0.3, 0.4) is 0 Å². The van der Waals surface area contributed by atoms with E-state index in [2.05, 4.69) is 27.4 Å². The number of fused-ring (bicyclic) bond motifs is 1. The molecule has 1 amide bonds. The summed E-state index contributed by atoms with van der Waals surface area (Å²) in [5.74, 6) is 2.47. The van der Waals surface area contributed by atoms with Gasteiger partial charge in [0.05, 0.1) is 31.3 Å². The lowest BCUT2D eigenvalue weighted by Gasteiger charge is -2.33. The molecule has 7 nitrogen and oxygen atoms in total. The molecular formula is C26H32N4O3. The lowest BCUT2D eigenvalue weighted by atomic mass is 9.95. The average Bonchev–Trinajstić information content (AvgIpc) is 3.22. The fourth-order valence-corrected chi connectivity index (χ4v) is 4.54. The maximum atomic E-state index is 13.1. The molecule has 4 rings (SSSR count). The summed E-state index contributed by atoms with van der Waals surface area (Å²) >= 11 is 0. The van der Waals surface area contributed by atoms with Gasteiger partial charge in [-0.1, -0.05) is 18.2 Å². The van der Waals surface area contributed by atoms with Crippen LogP contribution < -0.4 is 19.7 Å². The predicted molar refractivity (Wildman–Crippen MR) is 131 cm³/mol. The van der Waals surface area contributed by atoms with Gasteiger partial charge in [-0.15, -0.1) is 6.58 Å². The van der Waals surface area contributed by atoms with E-state index in [-0.39, 0.29) is 17.9 Å². The van der Waals surface area contributed by atoms with Gasteiger partial charge in [-0.3, -0.25) is 4.79 Å². The smallest absolute Gasteiger partial charge is 0.223 e. The van der Waals surface area contributed by atoms with E-state index in [1.807, 2.05) is 49.4 Å². The van der Waals surface area contributed by atoms with Crippen molar-refractivity contribution in [1.82, 2.24) is 14.9 Å². The second kappa shape index (κ2) is 9.98. The van der Waals surface area contributed by atoms with Gasteiger partial charge in [0.1, 0.15) is 11.5 Å². The molecule has 1 aliphatic heterocycles. The van der Waals surface area contributed by atoms with Gasteiger partial charge in [0.15, 0.2) is 0 Å². The van der Waals surface area contributed by atoms with E-state index >= 15 is 0 Å². The lowest BCUT2D eigenvalue weighted by molar-refractivity contribution is -0.126. The zero-order valence-corrected chi connectivity index (χ0v) is 19.6. The molecule has 2 heterocycles. The first-order valence-corrected chi connectivity index (χ1v) is 11.4. The number of para-hydroxylation sites is 2. The average molecular weight is 449 g/mol. The number of carbonyl (C=O) groups excluding carboxylic acids is 1. The van der Waals surface area contributed by atoms with Crippen molar-refractivity contribution in [3.8, 4) is 11.5 Å². The van der Waals surface area contributed by atoms with Gasteiger partial charge in [0, 0.05) is 31.1 Å². The Kier molecular flexibility index (Phi) is 6.87. The second-order valence-corrected chi connectivity index (χ2v) is 8.40. The summed E-state index contributed by atoms with van der Waals surface area (Å²) in [7, 11) is 3.27. The van der Waals surface area contributed by atoms with Gasteiger partial charge in [0.2, 0.25) is 11.9 Å². The number of aromatic nitrogens is 2. The molecular weight excluding hydrogens is 416 g/mol. The van der Waals surface area contributed by atoms with Crippen LogP contribution in [0.25, 0.3) is 11.0 Å². The van der Waals surface area contributed by atoms with Crippen molar-refractivity contribution in [3.63, 3.8) is 0 Å². The normalized spacial score (nSPS) is 15.3. The molecule has 1 aromatic heterocycles. The minimum Gasteiger partial charge on any atom is -0.497 e. The van der Waals surface area contributed by atoms with E-state index in [4.69, 9.17) is 14.5 Å². The maximum absolute atomic E-state index is 13.1. The number of benzene rings is 2. The number of amides is 1. The second-order valence-electron chi connectivity index (χ2n) is 8.40. The number of methoxy groups -OCH3 is 2. The van der Waals surface area contributed by atoms with Crippen LogP contribution in [-0.2, 0) is 11.3 Å². The van der Waals surface area contributed by atoms with Crippen LogP contribution in [-0.4, -0.2) is 42.8 Å². The Labute approximate surface area is 195 Å². The van der Waals surface area contributed by atoms with Crippen LogP contribution in [0.4, 0.5) is 5.95 Å². The number of piperidine rings is 1. The largest absolute Gasteiger partial charge is 0.497 e. The number of allylic oxidation sites excluding steroid dienone is 1. The molecule has 33 heavy (non-hydrogen) atoms. The lowest BCUT2D eigenvalue weighted by Crippen LogP contribution is -2.42. The fourth-order valence-electron chi connectivity index (χ4n) is 4.54. The first-order chi connectivity index (χ1) is 16.0. The molecule has 7 heteroatoms. The standard InChI is InChI=1S/C26H32N4O3/c1-5-14-30-23-9-7-6-8-22(23)28-26(30)29-15-12-19(13-16-29)25(31)27-18(2)21-17-20(32-3)10-11-24(21)33-4/h5-11,17-19H,1,12-16H2,2-4H3,(H,27,31)/t18-/m1/s1. The topological polar surface area (TPSA) is 68.6 Å². The maximum Gasteiger partial charge on any atom is 0.223 e. The van der Waals surface area contributed by atoms with Crippen molar-refractivity contribution in [2.45, 2.75) is 32.4 Å². The number of hydrogen-bond acceptors (Lipinski definition) is 5. The molecule has 174 valence electrons. The van der Waals surface area contributed by atoms with Gasteiger partial charge in [-0.2, -0.15) is 0 Å².